The molecule has 0 amide bonds. The second-order valence-electron chi connectivity index (χ2n) is 4.78. The standard InChI is InChI=1S/C15H24O2/c1-5-6-7-8-11(2)13-10-15(17-4)14(16)9-12(13)3/h9-11,16H,5-8H2,1-4H3. The van der Waals surface area contributed by atoms with E-state index in [1.807, 2.05) is 13.0 Å². The Balaban J connectivity index is 2.81. The van der Waals surface area contributed by atoms with Gasteiger partial charge in [-0.2, -0.15) is 0 Å². The van der Waals surface area contributed by atoms with E-state index >= 15 is 0 Å². The van der Waals surface area contributed by atoms with Gasteiger partial charge in [-0.15, -0.1) is 0 Å². The molecule has 1 aromatic carbocycles. The molecule has 2 heteroatoms. The summed E-state index contributed by atoms with van der Waals surface area (Å²) in [5.74, 6) is 1.33. The predicted molar refractivity (Wildman–Crippen MR) is 72.0 cm³/mol. The molecule has 0 fully saturated rings. The number of hydrogen-bond donors (Lipinski definition) is 1. The smallest absolute Gasteiger partial charge is 0.160 e. The summed E-state index contributed by atoms with van der Waals surface area (Å²) in [6, 6.07) is 3.77. The van der Waals surface area contributed by atoms with E-state index in [1.165, 1.54) is 31.2 Å². The Labute approximate surface area is 105 Å². The first-order valence-corrected chi connectivity index (χ1v) is 6.47. The molecule has 17 heavy (non-hydrogen) atoms. The maximum absolute atomic E-state index is 9.69. The van der Waals surface area contributed by atoms with Crippen LogP contribution in [0.15, 0.2) is 12.1 Å². The molecule has 1 unspecified atom stereocenters. The topological polar surface area (TPSA) is 29.5 Å². The minimum absolute atomic E-state index is 0.231. The van der Waals surface area contributed by atoms with Gasteiger partial charge in [0, 0.05) is 0 Å². The highest BCUT2D eigenvalue weighted by atomic mass is 16.5. The van der Waals surface area contributed by atoms with Gasteiger partial charge in [0.2, 0.25) is 0 Å². The molecule has 1 atom stereocenters. The zero-order valence-electron chi connectivity index (χ0n) is 11.4. The summed E-state index contributed by atoms with van der Waals surface area (Å²) in [4.78, 5) is 0. The maximum atomic E-state index is 9.69. The molecular formula is C15H24O2. The van der Waals surface area contributed by atoms with Crippen LogP contribution in [0.4, 0.5) is 0 Å². The fourth-order valence-corrected chi connectivity index (χ4v) is 2.24. The summed E-state index contributed by atoms with van der Waals surface area (Å²) < 4.78 is 5.17. The molecule has 0 radical (unpaired) electrons. The Morgan fingerprint density at radius 2 is 2.00 bits per heavy atom. The minimum atomic E-state index is 0.231. The number of rotatable bonds is 6. The Bertz CT molecular complexity index is 358. The van der Waals surface area contributed by atoms with Gasteiger partial charge in [0.15, 0.2) is 11.5 Å². The molecule has 0 aromatic heterocycles. The van der Waals surface area contributed by atoms with Crippen molar-refractivity contribution in [2.75, 3.05) is 7.11 Å². The first-order valence-electron chi connectivity index (χ1n) is 6.47. The van der Waals surface area contributed by atoms with Crippen LogP contribution in [0.2, 0.25) is 0 Å². The predicted octanol–water partition coefficient (Wildman–Crippen LogP) is 4.39. The van der Waals surface area contributed by atoms with Gasteiger partial charge < -0.3 is 9.84 Å². The summed E-state index contributed by atoms with van der Waals surface area (Å²) >= 11 is 0. The van der Waals surface area contributed by atoms with E-state index in [-0.39, 0.29) is 5.75 Å². The second kappa shape index (κ2) is 6.53. The molecule has 96 valence electrons. The van der Waals surface area contributed by atoms with E-state index in [4.69, 9.17) is 4.74 Å². The van der Waals surface area contributed by atoms with Crippen LogP contribution >= 0.6 is 0 Å². The molecule has 0 aliphatic heterocycles. The average molecular weight is 236 g/mol. The molecule has 1 N–H and O–H groups in total. The number of phenolic OH excluding ortho intramolecular Hbond substituents is 1. The van der Waals surface area contributed by atoms with Crippen LogP contribution in [0.3, 0.4) is 0 Å². The molecule has 2 nitrogen and oxygen atoms in total. The van der Waals surface area contributed by atoms with Crippen molar-refractivity contribution in [3.63, 3.8) is 0 Å². The zero-order chi connectivity index (χ0) is 12.8. The highest BCUT2D eigenvalue weighted by Gasteiger charge is 2.12. The summed E-state index contributed by atoms with van der Waals surface area (Å²) in [6.07, 6.45) is 5.01. The largest absolute Gasteiger partial charge is 0.504 e. The lowest BCUT2D eigenvalue weighted by atomic mass is 9.91. The van der Waals surface area contributed by atoms with Crippen molar-refractivity contribution in [2.24, 2.45) is 0 Å². The summed E-state index contributed by atoms with van der Waals surface area (Å²) in [5, 5.41) is 9.69. The average Bonchev–Trinajstić information content (AvgIpc) is 2.29. The number of phenols is 1. The Hall–Kier alpha value is -1.18. The quantitative estimate of drug-likeness (QED) is 0.742. The molecule has 0 bridgehead atoms. The van der Waals surface area contributed by atoms with Gasteiger partial charge in [0.1, 0.15) is 0 Å². The van der Waals surface area contributed by atoms with E-state index in [0.717, 1.165) is 5.56 Å². The van der Waals surface area contributed by atoms with Gasteiger partial charge in [-0.1, -0.05) is 33.1 Å². The molecule has 0 spiro atoms. The van der Waals surface area contributed by atoms with Crippen LogP contribution in [0.5, 0.6) is 11.5 Å². The van der Waals surface area contributed by atoms with Crippen molar-refractivity contribution in [3.05, 3.63) is 23.3 Å². The lowest BCUT2D eigenvalue weighted by Gasteiger charge is -2.16. The molecule has 0 aliphatic rings. The molecule has 1 rings (SSSR count). The van der Waals surface area contributed by atoms with Crippen molar-refractivity contribution < 1.29 is 9.84 Å². The lowest BCUT2D eigenvalue weighted by molar-refractivity contribution is 0.372. The van der Waals surface area contributed by atoms with Crippen molar-refractivity contribution in [1.29, 1.82) is 0 Å². The zero-order valence-corrected chi connectivity index (χ0v) is 11.4. The molecule has 0 aliphatic carbocycles. The highest BCUT2D eigenvalue weighted by molar-refractivity contribution is 5.47. The first kappa shape index (κ1) is 13.9. The van der Waals surface area contributed by atoms with Gasteiger partial charge in [0.05, 0.1) is 7.11 Å². The number of methoxy groups -OCH3 is 1. The van der Waals surface area contributed by atoms with E-state index in [2.05, 4.69) is 13.8 Å². The van der Waals surface area contributed by atoms with E-state index in [9.17, 15) is 5.11 Å². The molecular weight excluding hydrogens is 212 g/mol. The SMILES string of the molecule is CCCCCC(C)c1cc(OC)c(O)cc1C. The minimum Gasteiger partial charge on any atom is -0.504 e. The summed E-state index contributed by atoms with van der Waals surface area (Å²) in [7, 11) is 1.59. The maximum Gasteiger partial charge on any atom is 0.160 e. The van der Waals surface area contributed by atoms with Crippen molar-refractivity contribution in [3.8, 4) is 11.5 Å². The van der Waals surface area contributed by atoms with Gasteiger partial charge in [-0.25, -0.2) is 0 Å². The third kappa shape index (κ3) is 3.65. The van der Waals surface area contributed by atoms with Crippen LogP contribution in [0.25, 0.3) is 0 Å². The van der Waals surface area contributed by atoms with Gasteiger partial charge in [0.25, 0.3) is 0 Å². The Morgan fingerprint density at radius 1 is 1.29 bits per heavy atom. The number of hydrogen-bond acceptors (Lipinski definition) is 2. The van der Waals surface area contributed by atoms with Crippen LogP contribution in [-0.4, -0.2) is 12.2 Å². The normalized spacial score (nSPS) is 12.5. The van der Waals surface area contributed by atoms with Crippen molar-refractivity contribution in [1.82, 2.24) is 0 Å². The lowest BCUT2D eigenvalue weighted by Crippen LogP contribution is -1.98. The van der Waals surface area contributed by atoms with E-state index in [1.54, 1.807) is 13.2 Å². The monoisotopic (exact) mass is 236 g/mol. The molecule has 0 saturated heterocycles. The van der Waals surface area contributed by atoms with E-state index < -0.39 is 0 Å². The molecule has 0 saturated carbocycles. The summed E-state index contributed by atoms with van der Waals surface area (Å²) in [6.45, 7) is 6.51. The van der Waals surface area contributed by atoms with Crippen LogP contribution in [0.1, 0.15) is 56.6 Å². The Kier molecular flexibility index (Phi) is 5.33. The van der Waals surface area contributed by atoms with Gasteiger partial charge in [-0.05, 0) is 42.5 Å². The fraction of sp³-hybridized carbons (Fsp3) is 0.600. The van der Waals surface area contributed by atoms with Gasteiger partial charge >= 0.3 is 0 Å². The number of ether oxygens (including phenoxy) is 1. The van der Waals surface area contributed by atoms with E-state index in [0.29, 0.717) is 11.7 Å². The molecule has 0 heterocycles. The second-order valence-corrected chi connectivity index (χ2v) is 4.78. The van der Waals surface area contributed by atoms with Gasteiger partial charge in [-0.3, -0.25) is 0 Å². The fourth-order valence-electron chi connectivity index (χ4n) is 2.24. The van der Waals surface area contributed by atoms with Crippen molar-refractivity contribution >= 4 is 0 Å². The number of aromatic hydroxyl groups is 1. The Morgan fingerprint density at radius 3 is 2.59 bits per heavy atom. The van der Waals surface area contributed by atoms with Crippen LogP contribution < -0.4 is 4.74 Å². The third-order valence-electron chi connectivity index (χ3n) is 3.34. The number of benzene rings is 1. The number of unbranched alkanes of at least 4 members (excludes halogenated alkanes) is 2. The number of aryl methyl sites for hydroxylation is 1. The third-order valence-corrected chi connectivity index (χ3v) is 3.34. The van der Waals surface area contributed by atoms with Crippen molar-refractivity contribution in [2.45, 2.75) is 52.4 Å². The summed E-state index contributed by atoms with van der Waals surface area (Å²) in [5.41, 5.74) is 2.43. The van der Waals surface area contributed by atoms with Crippen LogP contribution in [0, 0.1) is 6.92 Å². The molecule has 1 aromatic rings. The first-order chi connectivity index (χ1) is 8.10. The highest BCUT2D eigenvalue weighted by Crippen LogP contribution is 2.34. The van der Waals surface area contributed by atoms with Crippen LogP contribution in [-0.2, 0) is 0 Å².